The molecule has 0 atom stereocenters. The maximum Gasteiger partial charge on any atom is 0.270 e. The van der Waals surface area contributed by atoms with E-state index in [-0.39, 0.29) is 5.91 Å². The number of carbonyl (C=O) groups is 1. The first-order valence-electron chi connectivity index (χ1n) is 7.59. The van der Waals surface area contributed by atoms with Crippen molar-refractivity contribution in [2.75, 3.05) is 32.5 Å². The summed E-state index contributed by atoms with van der Waals surface area (Å²) in [5.74, 6) is 0.453. The lowest BCUT2D eigenvalue weighted by atomic mass is 10.1. The van der Waals surface area contributed by atoms with Crippen molar-refractivity contribution in [3.63, 3.8) is 0 Å². The number of aryl methyl sites for hydroxylation is 1. The van der Waals surface area contributed by atoms with Gasteiger partial charge in [0.05, 0.1) is 0 Å². The lowest BCUT2D eigenvalue weighted by molar-refractivity contribution is 0.0946. The van der Waals surface area contributed by atoms with E-state index in [0.717, 1.165) is 6.54 Å². The molecule has 2 N–H and O–H groups in total. The number of rotatable bonds is 7. The van der Waals surface area contributed by atoms with Crippen molar-refractivity contribution in [2.45, 2.75) is 13.5 Å². The average Bonchev–Trinajstić information content (AvgIpc) is 2.54. The van der Waals surface area contributed by atoms with Crippen LogP contribution in [0, 0.1) is 6.92 Å². The van der Waals surface area contributed by atoms with E-state index in [2.05, 4.69) is 39.7 Å². The van der Waals surface area contributed by atoms with Gasteiger partial charge in [0, 0.05) is 25.7 Å². The summed E-state index contributed by atoms with van der Waals surface area (Å²) in [6.07, 6.45) is 1.40. The number of hydrogen-bond acceptors (Lipinski definition) is 5. The fourth-order valence-corrected chi connectivity index (χ4v) is 2.06. The largest absolute Gasteiger partial charge is 0.366 e. The average molecular weight is 313 g/mol. The van der Waals surface area contributed by atoms with Crippen LogP contribution in [-0.4, -0.2) is 48.0 Å². The standard InChI is InChI=1S/C17H23N5O/c1-13-6-4-5-7-14(13)11-19-16-10-15(20-12-21-16)17(23)18-8-9-22(2)3/h4-7,10,12H,8-9,11H2,1-3H3,(H,18,23)(H,19,20,21). The van der Waals surface area contributed by atoms with Crippen LogP contribution in [0.4, 0.5) is 5.82 Å². The Labute approximate surface area is 137 Å². The minimum absolute atomic E-state index is 0.187. The van der Waals surface area contributed by atoms with Gasteiger partial charge in [0.2, 0.25) is 0 Å². The molecule has 6 heteroatoms. The zero-order chi connectivity index (χ0) is 16.7. The summed E-state index contributed by atoms with van der Waals surface area (Å²) in [6.45, 7) is 4.10. The maximum absolute atomic E-state index is 12.1. The Morgan fingerprint density at radius 3 is 2.74 bits per heavy atom. The van der Waals surface area contributed by atoms with Gasteiger partial charge in [0.15, 0.2) is 0 Å². The highest BCUT2D eigenvalue weighted by molar-refractivity contribution is 5.92. The Morgan fingerprint density at radius 2 is 2.00 bits per heavy atom. The lowest BCUT2D eigenvalue weighted by Crippen LogP contribution is -2.31. The second-order valence-electron chi connectivity index (χ2n) is 5.63. The zero-order valence-corrected chi connectivity index (χ0v) is 13.8. The van der Waals surface area contributed by atoms with E-state index >= 15 is 0 Å². The summed E-state index contributed by atoms with van der Waals surface area (Å²) in [6, 6.07) is 9.83. The van der Waals surface area contributed by atoms with Crippen LogP contribution >= 0.6 is 0 Å². The summed E-state index contributed by atoms with van der Waals surface area (Å²) >= 11 is 0. The van der Waals surface area contributed by atoms with Gasteiger partial charge in [-0.05, 0) is 32.1 Å². The SMILES string of the molecule is Cc1ccccc1CNc1cc(C(=O)NCCN(C)C)ncn1. The molecule has 0 saturated carbocycles. The van der Waals surface area contributed by atoms with Crippen LogP contribution in [0.2, 0.25) is 0 Å². The number of hydrogen-bond donors (Lipinski definition) is 2. The molecular weight excluding hydrogens is 290 g/mol. The maximum atomic E-state index is 12.1. The first kappa shape index (κ1) is 16.9. The van der Waals surface area contributed by atoms with Crippen LogP contribution in [0.5, 0.6) is 0 Å². The van der Waals surface area contributed by atoms with Crippen molar-refractivity contribution in [1.29, 1.82) is 0 Å². The molecule has 1 amide bonds. The molecule has 23 heavy (non-hydrogen) atoms. The molecule has 0 aliphatic heterocycles. The van der Waals surface area contributed by atoms with Gasteiger partial charge in [-0.3, -0.25) is 4.79 Å². The third kappa shape index (κ3) is 5.34. The summed E-state index contributed by atoms with van der Waals surface area (Å²) in [5, 5.41) is 6.07. The van der Waals surface area contributed by atoms with Gasteiger partial charge >= 0.3 is 0 Å². The molecule has 0 bridgehead atoms. The Hall–Kier alpha value is -2.47. The van der Waals surface area contributed by atoms with Crippen molar-refractivity contribution in [1.82, 2.24) is 20.2 Å². The van der Waals surface area contributed by atoms with Crippen LogP contribution in [0.3, 0.4) is 0 Å². The number of carbonyl (C=O) groups excluding carboxylic acids is 1. The molecule has 2 rings (SSSR count). The van der Waals surface area contributed by atoms with E-state index < -0.39 is 0 Å². The predicted molar refractivity (Wildman–Crippen MR) is 91.4 cm³/mol. The van der Waals surface area contributed by atoms with Crippen LogP contribution in [-0.2, 0) is 6.54 Å². The highest BCUT2D eigenvalue weighted by Crippen LogP contribution is 2.10. The minimum atomic E-state index is -0.187. The topological polar surface area (TPSA) is 70.2 Å². The normalized spacial score (nSPS) is 10.6. The Balaban J connectivity index is 1.94. The summed E-state index contributed by atoms with van der Waals surface area (Å²) in [4.78, 5) is 22.3. The second-order valence-corrected chi connectivity index (χ2v) is 5.63. The van der Waals surface area contributed by atoms with Crippen LogP contribution in [0.15, 0.2) is 36.7 Å². The van der Waals surface area contributed by atoms with E-state index in [1.807, 2.05) is 31.1 Å². The number of nitrogens with zero attached hydrogens (tertiary/aromatic N) is 3. The Morgan fingerprint density at radius 1 is 1.22 bits per heavy atom. The first-order valence-corrected chi connectivity index (χ1v) is 7.59. The molecule has 0 unspecified atom stereocenters. The van der Waals surface area contributed by atoms with Crippen molar-refractivity contribution >= 4 is 11.7 Å². The fraction of sp³-hybridized carbons (Fsp3) is 0.353. The molecular formula is C17H23N5O. The quantitative estimate of drug-likeness (QED) is 0.814. The summed E-state index contributed by atoms with van der Waals surface area (Å²) in [5.41, 5.74) is 2.78. The van der Waals surface area contributed by atoms with E-state index in [1.54, 1.807) is 6.07 Å². The van der Waals surface area contributed by atoms with Crippen molar-refractivity contribution in [3.8, 4) is 0 Å². The third-order valence-corrected chi connectivity index (χ3v) is 3.47. The van der Waals surface area contributed by atoms with Gasteiger partial charge in [0.25, 0.3) is 5.91 Å². The van der Waals surface area contributed by atoms with Gasteiger partial charge in [-0.15, -0.1) is 0 Å². The van der Waals surface area contributed by atoms with Crippen molar-refractivity contribution < 1.29 is 4.79 Å². The molecule has 2 aromatic rings. The van der Waals surface area contributed by atoms with E-state index in [4.69, 9.17) is 0 Å². The molecule has 0 aliphatic carbocycles. The number of likely N-dealkylation sites (N-methyl/N-ethyl adjacent to an activating group) is 1. The minimum Gasteiger partial charge on any atom is -0.366 e. The molecule has 6 nitrogen and oxygen atoms in total. The highest BCUT2D eigenvalue weighted by Gasteiger charge is 2.08. The third-order valence-electron chi connectivity index (χ3n) is 3.47. The van der Waals surface area contributed by atoms with E-state index in [1.165, 1.54) is 17.5 Å². The number of amides is 1. The summed E-state index contributed by atoms with van der Waals surface area (Å²) < 4.78 is 0. The number of anilines is 1. The molecule has 0 aliphatic rings. The van der Waals surface area contributed by atoms with Crippen LogP contribution < -0.4 is 10.6 Å². The van der Waals surface area contributed by atoms with Crippen molar-refractivity contribution in [3.05, 3.63) is 53.5 Å². The van der Waals surface area contributed by atoms with E-state index in [9.17, 15) is 4.79 Å². The summed E-state index contributed by atoms with van der Waals surface area (Å²) in [7, 11) is 3.93. The molecule has 0 fully saturated rings. The van der Waals surface area contributed by atoms with Gasteiger partial charge < -0.3 is 15.5 Å². The lowest BCUT2D eigenvalue weighted by Gasteiger charge is -2.11. The molecule has 0 saturated heterocycles. The fourth-order valence-electron chi connectivity index (χ4n) is 2.06. The number of benzene rings is 1. The highest BCUT2D eigenvalue weighted by atomic mass is 16.1. The van der Waals surface area contributed by atoms with Gasteiger partial charge in [0.1, 0.15) is 17.8 Å². The van der Waals surface area contributed by atoms with Crippen LogP contribution in [0.25, 0.3) is 0 Å². The predicted octanol–water partition coefficient (Wildman–Crippen LogP) is 1.69. The molecule has 0 spiro atoms. The number of aromatic nitrogens is 2. The second kappa shape index (κ2) is 8.24. The molecule has 0 radical (unpaired) electrons. The zero-order valence-electron chi connectivity index (χ0n) is 13.8. The van der Waals surface area contributed by atoms with Gasteiger partial charge in [-0.25, -0.2) is 9.97 Å². The van der Waals surface area contributed by atoms with Crippen molar-refractivity contribution in [2.24, 2.45) is 0 Å². The van der Waals surface area contributed by atoms with Gasteiger partial charge in [-0.2, -0.15) is 0 Å². The van der Waals surface area contributed by atoms with Crippen LogP contribution in [0.1, 0.15) is 21.6 Å². The molecule has 122 valence electrons. The van der Waals surface area contributed by atoms with Gasteiger partial charge in [-0.1, -0.05) is 24.3 Å². The number of nitrogens with one attached hydrogen (secondary N) is 2. The molecule has 1 aromatic carbocycles. The molecule has 1 aromatic heterocycles. The smallest absolute Gasteiger partial charge is 0.270 e. The first-order chi connectivity index (χ1) is 11.1. The Bertz CT molecular complexity index is 657. The monoisotopic (exact) mass is 313 g/mol. The Kier molecular flexibility index (Phi) is 6.05. The molecule has 1 heterocycles. The van der Waals surface area contributed by atoms with E-state index in [0.29, 0.717) is 24.6 Å².